The number of hydrogen-bond donors (Lipinski definition) is 3. The van der Waals surface area contributed by atoms with Gasteiger partial charge in [0.1, 0.15) is 5.56 Å². The van der Waals surface area contributed by atoms with Crippen LogP contribution >= 0.6 is 0 Å². The largest absolute Gasteiger partial charge is 0.478 e. The average molecular weight is 254 g/mol. The van der Waals surface area contributed by atoms with Gasteiger partial charge in [0.05, 0.1) is 17.3 Å². The molecule has 0 aliphatic heterocycles. The molecular formula is C11H18N4O3. The summed E-state index contributed by atoms with van der Waals surface area (Å²) in [5, 5.41) is 15.9. The summed E-state index contributed by atoms with van der Waals surface area (Å²) in [6.07, 6.45) is 1.30. The van der Waals surface area contributed by atoms with Gasteiger partial charge in [-0.25, -0.2) is 4.79 Å². The van der Waals surface area contributed by atoms with Crippen molar-refractivity contribution < 1.29 is 14.7 Å². The van der Waals surface area contributed by atoms with Crippen LogP contribution in [0.1, 0.15) is 29.9 Å². The van der Waals surface area contributed by atoms with Gasteiger partial charge >= 0.3 is 5.97 Å². The molecule has 0 spiro atoms. The van der Waals surface area contributed by atoms with E-state index in [0.717, 1.165) is 0 Å². The normalized spacial score (nSPS) is 11.5. The first kappa shape index (κ1) is 14.2. The van der Waals surface area contributed by atoms with Gasteiger partial charge in [0, 0.05) is 20.1 Å². The summed E-state index contributed by atoms with van der Waals surface area (Å²) in [5.74, 6) is -1.42. The Kier molecular flexibility index (Phi) is 4.07. The minimum atomic E-state index is -1.02. The van der Waals surface area contributed by atoms with Crippen molar-refractivity contribution in [3.63, 3.8) is 0 Å². The Bertz CT molecular complexity index is 465. The highest BCUT2D eigenvalue weighted by molar-refractivity contribution is 5.88. The molecule has 0 bridgehead atoms. The van der Waals surface area contributed by atoms with Crippen molar-refractivity contribution in [1.82, 2.24) is 15.1 Å². The molecule has 1 heterocycles. The minimum absolute atomic E-state index is 0.155. The van der Waals surface area contributed by atoms with Gasteiger partial charge in [0.2, 0.25) is 5.91 Å². The third-order valence-corrected chi connectivity index (χ3v) is 2.82. The van der Waals surface area contributed by atoms with Gasteiger partial charge in [-0.2, -0.15) is 5.10 Å². The third kappa shape index (κ3) is 3.07. The molecule has 100 valence electrons. The molecule has 4 N–H and O–H groups in total. The molecule has 1 aromatic rings. The van der Waals surface area contributed by atoms with Crippen molar-refractivity contribution >= 4 is 11.9 Å². The Morgan fingerprint density at radius 1 is 1.56 bits per heavy atom. The minimum Gasteiger partial charge on any atom is -0.478 e. The van der Waals surface area contributed by atoms with Crippen molar-refractivity contribution in [3.8, 4) is 0 Å². The number of primary amides is 1. The lowest BCUT2D eigenvalue weighted by atomic mass is 9.93. The topological polar surface area (TPSA) is 110 Å². The van der Waals surface area contributed by atoms with Crippen molar-refractivity contribution in [2.45, 2.75) is 20.4 Å². The second-order valence-corrected chi connectivity index (χ2v) is 4.79. The summed E-state index contributed by atoms with van der Waals surface area (Å²) in [6.45, 7) is 4.13. The molecule has 0 atom stereocenters. The van der Waals surface area contributed by atoms with Crippen LogP contribution in [0.2, 0.25) is 0 Å². The Hall–Kier alpha value is -1.89. The van der Waals surface area contributed by atoms with Gasteiger partial charge in [0.15, 0.2) is 0 Å². The van der Waals surface area contributed by atoms with Crippen molar-refractivity contribution in [3.05, 3.63) is 17.5 Å². The summed E-state index contributed by atoms with van der Waals surface area (Å²) >= 11 is 0. The lowest BCUT2D eigenvalue weighted by Crippen LogP contribution is -2.40. The summed E-state index contributed by atoms with van der Waals surface area (Å²) in [5.41, 5.74) is 5.28. The fourth-order valence-corrected chi connectivity index (χ4v) is 1.43. The summed E-state index contributed by atoms with van der Waals surface area (Å²) < 4.78 is 1.49. The first-order valence-electron chi connectivity index (χ1n) is 5.50. The van der Waals surface area contributed by atoms with E-state index in [-0.39, 0.29) is 5.56 Å². The molecule has 0 radical (unpaired) electrons. The van der Waals surface area contributed by atoms with Crippen LogP contribution in [0.25, 0.3) is 0 Å². The van der Waals surface area contributed by atoms with Gasteiger partial charge in [-0.15, -0.1) is 0 Å². The van der Waals surface area contributed by atoms with Crippen LogP contribution in [-0.4, -0.2) is 33.3 Å². The summed E-state index contributed by atoms with van der Waals surface area (Å²) in [6, 6.07) is 0. The van der Waals surface area contributed by atoms with E-state index >= 15 is 0 Å². The number of nitrogens with zero attached hydrogens (tertiary/aromatic N) is 2. The van der Waals surface area contributed by atoms with Crippen LogP contribution in [0.3, 0.4) is 0 Å². The molecule has 7 heteroatoms. The quantitative estimate of drug-likeness (QED) is 0.646. The second kappa shape index (κ2) is 5.18. The van der Waals surface area contributed by atoms with Crippen LogP contribution in [0, 0.1) is 5.41 Å². The van der Waals surface area contributed by atoms with Crippen molar-refractivity contribution in [1.29, 1.82) is 0 Å². The Labute approximate surface area is 105 Å². The Morgan fingerprint density at radius 2 is 2.17 bits per heavy atom. The van der Waals surface area contributed by atoms with Gasteiger partial charge in [-0.3, -0.25) is 9.48 Å². The number of aromatic carboxylic acids is 1. The monoisotopic (exact) mass is 254 g/mol. The molecule has 1 rings (SSSR count). The Morgan fingerprint density at radius 3 is 2.67 bits per heavy atom. The van der Waals surface area contributed by atoms with Crippen LogP contribution in [0.5, 0.6) is 0 Å². The summed E-state index contributed by atoms with van der Waals surface area (Å²) in [7, 11) is 1.67. The number of amides is 1. The predicted molar refractivity (Wildman–Crippen MR) is 64.8 cm³/mol. The molecule has 0 unspecified atom stereocenters. The van der Waals surface area contributed by atoms with Gasteiger partial charge in [-0.05, 0) is 13.8 Å². The first-order valence-corrected chi connectivity index (χ1v) is 5.50. The smallest absolute Gasteiger partial charge is 0.339 e. The number of carboxylic acid groups (broad SMARTS) is 1. The zero-order chi connectivity index (χ0) is 13.9. The molecule has 0 aliphatic carbocycles. The molecule has 0 saturated heterocycles. The van der Waals surface area contributed by atoms with E-state index in [1.807, 2.05) is 0 Å². The number of hydrogen-bond acceptors (Lipinski definition) is 4. The van der Waals surface area contributed by atoms with Crippen LogP contribution < -0.4 is 11.1 Å². The highest BCUT2D eigenvalue weighted by Crippen LogP contribution is 2.13. The number of carbonyl (C=O) groups is 2. The number of aryl methyl sites for hydroxylation is 1. The molecule has 0 aromatic carbocycles. The van der Waals surface area contributed by atoms with Gasteiger partial charge < -0.3 is 16.2 Å². The van der Waals surface area contributed by atoms with E-state index in [4.69, 9.17) is 10.8 Å². The van der Waals surface area contributed by atoms with Crippen molar-refractivity contribution in [2.24, 2.45) is 18.2 Å². The number of carboxylic acids is 1. The molecular weight excluding hydrogens is 236 g/mol. The molecule has 0 saturated carbocycles. The van der Waals surface area contributed by atoms with E-state index in [1.54, 1.807) is 20.9 Å². The highest BCUT2D eigenvalue weighted by atomic mass is 16.4. The molecule has 1 aromatic heterocycles. The molecule has 1 amide bonds. The van der Waals surface area contributed by atoms with E-state index < -0.39 is 17.3 Å². The molecule has 7 nitrogen and oxygen atoms in total. The maximum atomic E-state index is 11.1. The SMILES string of the molecule is Cn1ncc(C(=O)O)c1CNCC(C)(C)C(N)=O. The molecule has 0 fully saturated rings. The third-order valence-electron chi connectivity index (χ3n) is 2.82. The van der Waals surface area contributed by atoms with Gasteiger partial charge in [0.25, 0.3) is 0 Å². The van der Waals surface area contributed by atoms with E-state index in [1.165, 1.54) is 10.9 Å². The van der Waals surface area contributed by atoms with Crippen molar-refractivity contribution in [2.75, 3.05) is 6.54 Å². The Balaban J connectivity index is 2.67. The van der Waals surface area contributed by atoms with Gasteiger partial charge in [-0.1, -0.05) is 0 Å². The second-order valence-electron chi connectivity index (χ2n) is 4.79. The van der Waals surface area contributed by atoms with E-state index in [2.05, 4.69) is 10.4 Å². The zero-order valence-corrected chi connectivity index (χ0v) is 10.7. The fraction of sp³-hybridized carbons (Fsp3) is 0.545. The van der Waals surface area contributed by atoms with Crippen LogP contribution in [0.4, 0.5) is 0 Å². The van der Waals surface area contributed by atoms with E-state index in [0.29, 0.717) is 18.8 Å². The fourth-order valence-electron chi connectivity index (χ4n) is 1.43. The highest BCUT2D eigenvalue weighted by Gasteiger charge is 2.24. The van der Waals surface area contributed by atoms with E-state index in [9.17, 15) is 9.59 Å². The average Bonchev–Trinajstić information content (AvgIpc) is 2.60. The number of nitrogens with one attached hydrogen (secondary N) is 1. The lowest BCUT2D eigenvalue weighted by molar-refractivity contribution is -0.125. The number of rotatable bonds is 6. The van der Waals surface area contributed by atoms with Crippen LogP contribution in [-0.2, 0) is 18.4 Å². The molecule has 18 heavy (non-hydrogen) atoms. The lowest BCUT2D eigenvalue weighted by Gasteiger charge is -2.20. The maximum absolute atomic E-state index is 11.1. The zero-order valence-electron chi connectivity index (χ0n) is 10.7. The first-order chi connectivity index (χ1) is 8.25. The predicted octanol–water partition coefficient (Wildman–Crippen LogP) is -0.281. The van der Waals surface area contributed by atoms with Crippen LogP contribution in [0.15, 0.2) is 6.20 Å². The summed E-state index contributed by atoms with van der Waals surface area (Å²) in [4.78, 5) is 22.1. The maximum Gasteiger partial charge on any atom is 0.339 e. The number of aromatic nitrogens is 2. The molecule has 0 aliphatic rings. The standard InChI is InChI=1S/C11H18N4O3/c1-11(2,10(12)18)6-13-5-8-7(9(16)17)4-14-15(8)3/h4,13H,5-6H2,1-3H3,(H2,12,18)(H,16,17). The number of nitrogens with two attached hydrogens (primary N) is 1. The number of carbonyl (C=O) groups excluding carboxylic acids is 1.